The van der Waals surface area contributed by atoms with Crippen molar-refractivity contribution in [2.75, 3.05) is 0 Å². The van der Waals surface area contributed by atoms with E-state index in [0.717, 1.165) is 50.9 Å². The van der Waals surface area contributed by atoms with Crippen molar-refractivity contribution in [3.8, 4) is 0 Å². The number of benzene rings is 1. The van der Waals surface area contributed by atoms with Gasteiger partial charge in [0, 0.05) is 12.1 Å². The van der Waals surface area contributed by atoms with E-state index in [2.05, 4.69) is 4.90 Å². The van der Waals surface area contributed by atoms with Gasteiger partial charge in [-0.05, 0) is 68.4 Å². The number of amides is 1. The normalized spacial score (nSPS) is 38.0. The van der Waals surface area contributed by atoms with Gasteiger partial charge in [-0.1, -0.05) is 12.1 Å². The molecular weight excluding hydrogens is 321 g/mol. The summed E-state index contributed by atoms with van der Waals surface area (Å²) in [6.07, 6.45) is 6.70. The van der Waals surface area contributed by atoms with E-state index in [1.165, 1.54) is 6.07 Å². The first-order valence-corrected chi connectivity index (χ1v) is 9.33. The molecule has 2 atom stereocenters. The molecule has 4 nitrogen and oxygen atoms in total. The maximum atomic E-state index is 14.6. The monoisotopic (exact) mass is 343 g/mol. The van der Waals surface area contributed by atoms with Gasteiger partial charge >= 0.3 is 5.97 Å². The van der Waals surface area contributed by atoms with Gasteiger partial charge in [0.1, 0.15) is 5.82 Å². The Morgan fingerprint density at radius 1 is 1.12 bits per heavy atom. The summed E-state index contributed by atoms with van der Waals surface area (Å²) in [5.74, 6) is -0.682. The molecule has 2 aliphatic heterocycles. The molecule has 6 rings (SSSR count). The molecule has 5 fully saturated rings. The molecule has 25 heavy (non-hydrogen) atoms. The van der Waals surface area contributed by atoms with E-state index in [0.29, 0.717) is 11.5 Å². The van der Waals surface area contributed by atoms with Crippen LogP contribution >= 0.6 is 0 Å². The smallest absolute Gasteiger partial charge is 0.338 e. The number of piperidine rings is 1. The number of aromatic carboxylic acids is 1. The summed E-state index contributed by atoms with van der Waals surface area (Å²) in [5, 5.41) is 9.15. The second kappa shape index (κ2) is 5.05. The van der Waals surface area contributed by atoms with Crippen LogP contribution in [-0.4, -0.2) is 34.0 Å². The van der Waals surface area contributed by atoms with Crippen molar-refractivity contribution in [1.29, 1.82) is 0 Å². The third kappa shape index (κ3) is 2.04. The molecule has 0 spiro atoms. The molecule has 2 unspecified atom stereocenters. The molecule has 5 heteroatoms. The Bertz CT molecular complexity index is 745. The van der Waals surface area contributed by atoms with Crippen molar-refractivity contribution in [3.63, 3.8) is 0 Å². The van der Waals surface area contributed by atoms with E-state index in [1.807, 2.05) is 0 Å². The lowest BCUT2D eigenvalue weighted by molar-refractivity contribution is -0.181. The zero-order valence-corrected chi connectivity index (χ0v) is 14.1. The zero-order chi connectivity index (χ0) is 17.3. The Morgan fingerprint density at radius 3 is 2.28 bits per heavy atom. The molecule has 2 saturated heterocycles. The first-order valence-electron chi connectivity index (χ1n) is 9.33. The van der Waals surface area contributed by atoms with Gasteiger partial charge in [-0.3, -0.25) is 4.79 Å². The lowest BCUT2D eigenvalue weighted by Gasteiger charge is -2.62. The van der Waals surface area contributed by atoms with Crippen LogP contribution in [0.3, 0.4) is 0 Å². The summed E-state index contributed by atoms with van der Waals surface area (Å²) in [4.78, 5) is 26.4. The topological polar surface area (TPSA) is 57.6 Å². The molecule has 2 heterocycles. The van der Waals surface area contributed by atoms with Crippen LogP contribution in [0.4, 0.5) is 4.39 Å². The van der Waals surface area contributed by atoms with E-state index in [-0.39, 0.29) is 29.0 Å². The van der Waals surface area contributed by atoms with E-state index < -0.39 is 11.8 Å². The van der Waals surface area contributed by atoms with Crippen molar-refractivity contribution < 1.29 is 19.1 Å². The lowest BCUT2D eigenvalue weighted by Crippen LogP contribution is -2.63. The second-order valence-corrected chi connectivity index (χ2v) is 8.54. The number of carbonyl (C=O) groups is 2. The van der Waals surface area contributed by atoms with Gasteiger partial charge in [-0.2, -0.15) is 0 Å². The molecule has 1 N–H and O–H groups in total. The molecule has 132 valence electrons. The molecule has 1 aromatic carbocycles. The van der Waals surface area contributed by atoms with Crippen molar-refractivity contribution in [2.24, 2.45) is 11.3 Å². The van der Waals surface area contributed by atoms with E-state index >= 15 is 0 Å². The quantitative estimate of drug-likeness (QED) is 0.913. The number of carboxylic acid groups (broad SMARTS) is 1. The van der Waals surface area contributed by atoms with E-state index in [1.54, 1.807) is 12.1 Å². The molecular formula is C20H22FNO3. The lowest BCUT2D eigenvalue weighted by atomic mass is 9.44. The number of halogens is 1. The fourth-order valence-corrected chi connectivity index (χ4v) is 5.81. The minimum Gasteiger partial charge on any atom is -0.478 e. The SMILES string of the molecule is O=C(O)c1cccc(C2CC3CCC(C2)N3C(=O)C23CC(C2)C3)c1F. The standard InChI is InChI=1S/C20H22FNO3/c21-17-15(2-1-3-16(17)18(23)24)12-6-13-4-5-14(7-12)22(13)19(25)20-8-11(9-20)10-20/h1-3,11-14H,4-10H2,(H,23,24). The Labute approximate surface area is 146 Å². The fourth-order valence-electron chi connectivity index (χ4n) is 5.81. The molecule has 0 aromatic heterocycles. The van der Waals surface area contributed by atoms with Crippen LogP contribution in [0.25, 0.3) is 0 Å². The average Bonchev–Trinajstić information content (AvgIpc) is 2.74. The maximum absolute atomic E-state index is 14.6. The third-order valence-corrected chi connectivity index (χ3v) is 7.16. The second-order valence-electron chi connectivity index (χ2n) is 8.54. The first kappa shape index (κ1) is 15.4. The number of hydrogen-bond donors (Lipinski definition) is 1. The molecule has 3 aliphatic carbocycles. The molecule has 0 radical (unpaired) electrons. The third-order valence-electron chi connectivity index (χ3n) is 7.16. The van der Waals surface area contributed by atoms with Crippen LogP contribution in [0.2, 0.25) is 0 Å². The Kier molecular flexibility index (Phi) is 3.10. The summed E-state index contributed by atoms with van der Waals surface area (Å²) < 4.78 is 14.6. The first-order chi connectivity index (χ1) is 12.0. The van der Waals surface area contributed by atoms with Crippen LogP contribution in [0.5, 0.6) is 0 Å². The number of rotatable bonds is 3. The van der Waals surface area contributed by atoms with Gasteiger partial charge in [0.05, 0.1) is 11.0 Å². The molecule has 3 saturated carbocycles. The van der Waals surface area contributed by atoms with Crippen LogP contribution in [0.15, 0.2) is 18.2 Å². The van der Waals surface area contributed by atoms with Gasteiger partial charge in [-0.25, -0.2) is 9.18 Å². The summed E-state index contributed by atoms with van der Waals surface area (Å²) in [6, 6.07) is 5.04. The number of hydrogen-bond acceptors (Lipinski definition) is 2. The molecule has 1 aromatic rings. The molecule has 1 amide bonds. The van der Waals surface area contributed by atoms with Crippen LogP contribution in [0.1, 0.15) is 66.8 Å². The number of nitrogens with zero attached hydrogens (tertiary/aromatic N) is 1. The van der Waals surface area contributed by atoms with Crippen LogP contribution in [-0.2, 0) is 4.79 Å². The summed E-state index contributed by atoms with van der Waals surface area (Å²) in [7, 11) is 0. The summed E-state index contributed by atoms with van der Waals surface area (Å²) >= 11 is 0. The van der Waals surface area contributed by atoms with Crippen molar-refractivity contribution in [1.82, 2.24) is 4.90 Å². The van der Waals surface area contributed by atoms with E-state index in [4.69, 9.17) is 5.11 Å². The largest absolute Gasteiger partial charge is 0.478 e. The highest BCUT2D eigenvalue weighted by atomic mass is 19.1. The van der Waals surface area contributed by atoms with E-state index in [9.17, 15) is 14.0 Å². The number of carbonyl (C=O) groups excluding carboxylic acids is 1. The Hall–Kier alpha value is -1.91. The van der Waals surface area contributed by atoms with Crippen molar-refractivity contribution >= 4 is 11.9 Å². The predicted molar refractivity (Wildman–Crippen MR) is 88.8 cm³/mol. The van der Waals surface area contributed by atoms with Gasteiger partial charge in [0.15, 0.2) is 0 Å². The molecule has 5 aliphatic rings. The number of carboxylic acids is 1. The highest BCUT2D eigenvalue weighted by Gasteiger charge is 2.64. The minimum absolute atomic E-state index is 0.00822. The summed E-state index contributed by atoms with van der Waals surface area (Å²) in [6.45, 7) is 0. The van der Waals surface area contributed by atoms with Crippen molar-refractivity contribution in [2.45, 2.75) is 62.9 Å². The van der Waals surface area contributed by atoms with Gasteiger partial charge in [-0.15, -0.1) is 0 Å². The average molecular weight is 343 g/mol. The van der Waals surface area contributed by atoms with Crippen LogP contribution < -0.4 is 0 Å². The van der Waals surface area contributed by atoms with Gasteiger partial charge < -0.3 is 10.0 Å². The Morgan fingerprint density at radius 2 is 1.76 bits per heavy atom. The number of fused-ring (bicyclic) bond motifs is 2. The highest BCUT2D eigenvalue weighted by molar-refractivity contribution is 5.88. The summed E-state index contributed by atoms with van der Waals surface area (Å²) in [5.41, 5.74) is 0.207. The highest BCUT2D eigenvalue weighted by Crippen LogP contribution is 2.66. The minimum atomic E-state index is -1.22. The van der Waals surface area contributed by atoms with Crippen molar-refractivity contribution in [3.05, 3.63) is 35.1 Å². The fraction of sp³-hybridized carbons (Fsp3) is 0.600. The predicted octanol–water partition coefficient (Wildman–Crippen LogP) is 3.56. The van der Waals surface area contributed by atoms with Crippen LogP contribution in [0, 0.1) is 17.2 Å². The van der Waals surface area contributed by atoms with Gasteiger partial charge in [0.25, 0.3) is 0 Å². The Balaban J connectivity index is 1.39. The maximum Gasteiger partial charge on any atom is 0.338 e. The zero-order valence-electron chi connectivity index (χ0n) is 14.1. The molecule has 4 bridgehead atoms. The van der Waals surface area contributed by atoms with Gasteiger partial charge in [0.2, 0.25) is 5.91 Å².